The van der Waals surface area contributed by atoms with Crippen LogP contribution in [0.5, 0.6) is 0 Å². The molecule has 3 aliphatic carbocycles. The van der Waals surface area contributed by atoms with Crippen molar-refractivity contribution in [2.24, 2.45) is 47.3 Å². The van der Waals surface area contributed by atoms with Crippen molar-refractivity contribution >= 4 is 17.0 Å². The Kier molecular flexibility index (Phi) is 12.3. The van der Waals surface area contributed by atoms with Crippen LogP contribution in [0.15, 0.2) is 16.5 Å². The van der Waals surface area contributed by atoms with Crippen LogP contribution in [0, 0.1) is 69.1 Å². The zero-order valence-corrected chi connectivity index (χ0v) is 24.2. The molecule has 1 aromatic rings. The van der Waals surface area contributed by atoms with Gasteiger partial charge < -0.3 is 19.3 Å². The number of fused-ring (bicyclic) bond motifs is 1. The van der Waals surface area contributed by atoms with Crippen LogP contribution in [0.3, 0.4) is 0 Å². The minimum atomic E-state index is -0.826. The van der Waals surface area contributed by atoms with Gasteiger partial charge in [0, 0.05) is 5.92 Å². The number of hydrogen-bond donors (Lipinski definition) is 0. The van der Waals surface area contributed by atoms with Gasteiger partial charge in [-0.1, -0.05) is 34.1 Å². The van der Waals surface area contributed by atoms with Gasteiger partial charge in [0.1, 0.15) is 11.5 Å². The molecule has 4 heteroatoms. The fourth-order valence-corrected chi connectivity index (χ4v) is 7.21. The van der Waals surface area contributed by atoms with Gasteiger partial charge in [-0.15, -0.1) is 0 Å². The topological polar surface area (TPSA) is 13.1 Å². The molecular weight excluding hydrogens is 490 g/mol. The Labute approximate surface area is 206 Å². The maximum absolute atomic E-state index is 6.06. The van der Waals surface area contributed by atoms with Crippen molar-refractivity contribution in [1.82, 2.24) is 0 Å². The molecule has 1 aromatic heterocycles. The Morgan fingerprint density at radius 3 is 2.00 bits per heavy atom. The van der Waals surface area contributed by atoms with Crippen molar-refractivity contribution in [3.63, 3.8) is 0 Å². The van der Waals surface area contributed by atoms with Gasteiger partial charge in [-0.25, -0.2) is 0 Å². The summed E-state index contributed by atoms with van der Waals surface area (Å²) in [7, 11) is 9.87. The van der Waals surface area contributed by atoms with Gasteiger partial charge >= 0.3 is 37.9 Å². The average molecular weight is 535 g/mol. The SMILES string of the molecule is Cc1ccc(C2CCCC3C(CC4C(C)C(C)C(C)C4C)CCC23)o1.[CH3-].[CH3-].[Cl][Zr+2][Cl]. The Bertz CT molecular complexity index is 604. The maximum atomic E-state index is 6.06. The molecule has 0 spiro atoms. The van der Waals surface area contributed by atoms with E-state index in [1.54, 1.807) is 0 Å². The summed E-state index contributed by atoms with van der Waals surface area (Å²) in [5.74, 6) is 10.5. The van der Waals surface area contributed by atoms with Gasteiger partial charge in [0.25, 0.3) is 0 Å². The van der Waals surface area contributed by atoms with E-state index in [2.05, 4.69) is 46.8 Å². The van der Waals surface area contributed by atoms with Gasteiger partial charge in [-0.2, -0.15) is 0 Å². The molecule has 4 rings (SSSR count). The summed E-state index contributed by atoms with van der Waals surface area (Å²) in [6.07, 6.45) is 8.66. The van der Waals surface area contributed by atoms with Crippen LogP contribution in [-0.2, 0) is 20.8 Å². The first-order chi connectivity index (χ1) is 13.4. The second-order valence-corrected chi connectivity index (χ2v) is 13.8. The predicted octanol–water partition coefficient (Wildman–Crippen LogP) is 9.34. The quantitative estimate of drug-likeness (QED) is 0.352. The molecule has 3 aliphatic rings. The molecule has 0 aliphatic heterocycles. The average Bonchev–Trinajstić information content (AvgIpc) is 3.34. The van der Waals surface area contributed by atoms with Crippen molar-refractivity contribution in [1.29, 1.82) is 0 Å². The third-order valence-electron chi connectivity index (χ3n) is 9.14. The van der Waals surface area contributed by atoms with Crippen molar-refractivity contribution in [3.8, 4) is 0 Å². The number of hydrogen-bond acceptors (Lipinski definition) is 1. The molecule has 3 fully saturated rings. The molecule has 30 heavy (non-hydrogen) atoms. The van der Waals surface area contributed by atoms with E-state index in [4.69, 9.17) is 21.4 Å². The van der Waals surface area contributed by atoms with Gasteiger partial charge in [-0.05, 0) is 98.5 Å². The van der Waals surface area contributed by atoms with Crippen molar-refractivity contribution in [3.05, 3.63) is 38.5 Å². The summed E-state index contributed by atoms with van der Waals surface area (Å²) < 4.78 is 6.06. The fourth-order valence-electron chi connectivity index (χ4n) is 7.21. The Morgan fingerprint density at radius 1 is 0.867 bits per heavy atom. The number of furan rings is 1. The van der Waals surface area contributed by atoms with Crippen LogP contribution in [0.2, 0.25) is 0 Å². The summed E-state index contributed by atoms with van der Waals surface area (Å²) in [6.45, 7) is 12.2. The minimum absolute atomic E-state index is 0. The zero-order chi connectivity index (χ0) is 20.4. The second-order valence-electron chi connectivity index (χ2n) is 10.1. The first kappa shape index (κ1) is 28.8. The van der Waals surface area contributed by atoms with Gasteiger partial charge in [0.05, 0.1) is 0 Å². The van der Waals surface area contributed by atoms with Gasteiger partial charge in [-0.3, -0.25) is 0 Å². The van der Waals surface area contributed by atoms with E-state index in [0.29, 0.717) is 5.92 Å². The summed E-state index contributed by atoms with van der Waals surface area (Å²) in [5, 5.41) is 0. The fraction of sp³-hybridized carbons (Fsp3) is 0.769. The molecule has 1 nitrogen and oxygen atoms in total. The normalized spacial score (nSPS) is 39.6. The summed E-state index contributed by atoms with van der Waals surface area (Å²) in [5.41, 5.74) is 0. The summed E-state index contributed by atoms with van der Waals surface area (Å²) in [6, 6.07) is 4.43. The predicted molar refractivity (Wildman–Crippen MR) is 129 cm³/mol. The molecule has 0 saturated heterocycles. The van der Waals surface area contributed by atoms with Crippen molar-refractivity contribution in [2.45, 2.75) is 79.1 Å². The first-order valence-electron chi connectivity index (χ1n) is 11.4. The van der Waals surface area contributed by atoms with E-state index in [1.807, 2.05) is 0 Å². The Hall–Kier alpha value is 0.743. The van der Waals surface area contributed by atoms with E-state index in [9.17, 15) is 0 Å². The van der Waals surface area contributed by atoms with Crippen LogP contribution in [0.1, 0.15) is 83.7 Å². The first-order valence-corrected chi connectivity index (χ1v) is 17.7. The summed E-state index contributed by atoms with van der Waals surface area (Å²) >= 11 is -0.826. The van der Waals surface area contributed by atoms with E-state index in [1.165, 1.54) is 44.3 Å². The number of rotatable bonds is 3. The van der Waals surface area contributed by atoms with Crippen LogP contribution < -0.4 is 0 Å². The summed E-state index contributed by atoms with van der Waals surface area (Å²) in [4.78, 5) is 0. The Balaban J connectivity index is 0.000000851. The molecule has 3 saturated carbocycles. The number of aryl methyl sites for hydroxylation is 1. The molecule has 0 bridgehead atoms. The van der Waals surface area contributed by atoms with Crippen LogP contribution in [0.25, 0.3) is 0 Å². The third kappa shape index (κ3) is 6.00. The van der Waals surface area contributed by atoms with Gasteiger partial charge in [0.2, 0.25) is 0 Å². The molecule has 8 atom stereocenters. The van der Waals surface area contributed by atoms with Crippen LogP contribution >= 0.6 is 17.0 Å². The van der Waals surface area contributed by atoms with Crippen LogP contribution in [-0.4, -0.2) is 0 Å². The molecule has 0 N–H and O–H groups in total. The van der Waals surface area contributed by atoms with Crippen molar-refractivity contribution in [2.75, 3.05) is 0 Å². The van der Waals surface area contributed by atoms with E-state index in [0.717, 1.165) is 53.1 Å². The molecule has 1 heterocycles. The third-order valence-corrected chi connectivity index (χ3v) is 9.14. The molecule has 8 unspecified atom stereocenters. The molecule has 0 aromatic carbocycles. The standard InChI is InChI=1S/C24H38O.2CH3.2ClH.Zr/c1-14-9-12-24(25-14)22-8-6-7-20-19(10-11-21(20)22)13-23-17(4)15(2)16(3)18(23)5;;;;;/h9,12,15-23H,6-8,10-11,13H2,1-5H3;2*1H3;2*1H;/q;2*-1;;;+4/p-2. The van der Waals surface area contributed by atoms with Crippen molar-refractivity contribution < 1.29 is 25.3 Å². The monoisotopic (exact) mass is 532 g/mol. The Morgan fingerprint density at radius 2 is 1.47 bits per heavy atom. The van der Waals surface area contributed by atoms with E-state index >= 15 is 0 Å². The molecule has 0 radical (unpaired) electrons. The van der Waals surface area contributed by atoms with Crippen LogP contribution in [0.4, 0.5) is 0 Å². The molecular formula is C26H44Cl2OZr. The van der Waals surface area contributed by atoms with E-state index in [-0.39, 0.29) is 14.9 Å². The van der Waals surface area contributed by atoms with Gasteiger partial charge in [0.15, 0.2) is 0 Å². The number of halogens is 2. The second kappa shape index (κ2) is 12.8. The zero-order valence-electron chi connectivity index (χ0n) is 20.3. The van der Waals surface area contributed by atoms with E-state index < -0.39 is 20.8 Å². The molecule has 172 valence electrons. The molecule has 0 amide bonds.